The third-order valence-electron chi connectivity index (χ3n) is 3.82. The maximum absolute atomic E-state index is 12.6. The Labute approximate surface area is 152 Å². The normalized spacial score (nSPS) is 10.9. The van der Waals surface area contributed by atoms with Crippen LogP contribution in [0.3, 0.4) is 0 Å². The molecule has 2 N–H and O–H groups in total. The van der Waals surface area contributed by atoms with Crippen LogP contribution in [0.5, 0.6) is 0 Å². The highest BCUT2D eigenvalue weighted by Gasteiger charge is 2.20. The summed E-state index contributed by atoms with van der Waals surface area (Å²) in [7, 11) is 1.66. The van der Waals surface area contributed by atoms with E-state index < -0.39 is 11.8 Å². The van der Waals surface area contributed by atoms with Gasteiger partial charge in [0.15, 0.2) is 11.3 Å². The Morgan fingerprint density at radius 1 is 1.26 bits per heavy atom. The van der Waals surface area contributed by atoms with Gasteiger partial charge in [0.2, 0.25) is 0 Å². The monoisotopic (exact) mass is 365 g/mol. The lowest BCUT2D eigenvalue weighted by molar-refractivity contribution is 0.0943. The predicted octanol–water partition coefficient (Wildman–Crippen LogP) is 1.24. The number of amides is 2. The Kier molecular flexibility index (Phi) is 4.13. The van der Waals surface area contributed by atoms with Crippen LogP contribution in [0.1, 0.15) is 26.6 Å². The molecule has 0 bridgehead atoms. The van der Waals surface area contributed by atoms with E-state index in [1.165, 1.54) is 21.7 Å². The zero-order chi connectivity index (χ0) is 18.8. The number of hydrogen-bond donors (Lipinski definition) is 2. The molecule has 0 aliphatic rings. The van der Waals surface area contributed by atoms with Crippen molar-refractivity contribution in [3.63, 3.8) is 0 Å². The number of carbonyl (C=O) groups excluding carboxylic acids is 2. The topological polar surface area (TPSA) is 119 Å². The van der Waals surface area contributed by atoms with Crippen molar-refractivity contribution < 1.29 is 14.0 Å². The number of furan rings is 1. The number of aryl methyl sites for hydroxylation is 1. The molecule has 4 aromatic rings. The minimum atomic E-state index is -0.434. The van der Waals surface area contributed by atoms with Gasteiger partial charge in [0.1, 0.15) is 11.3 Å². The molecule has 10 nitrogen and oxygen atoms in total. The predicted molar refractivity (Wildman–Crippen MR) is 94.0 cm³/mol. The van der Waals surface area contributed by atoms with Crippen LogP contribution < -0.4 is 10.6 Å². The van der Waals surface area contributed by atoms with E-state index in [2.05, 4.69) is 25.8 Å². The van der Waals surface area contributed by atoms with Crippen molar-refractivity contribution in [3.8, 4) is 0 Å². The van der Waals surface area contributed by atoms with Gasteiger partial charge in [0, 0.05) is 25.6 Å². The first-order valence-corrected chi connectivity index (χ1v) is 8.06. The van der Waals surface area contributed by atoms with Crippen molar-refractivity contribution in [2.75, 3.05) is 5.32 Å². The van der Waals surface area contributed by atoms with Gasteiger partial charge in [0.05, 0.1) is 24.7 Å². The summed E-state index contributed by atoms with van der Waals surface area (Å²) in [6.07, 6.45) is 7.77. The average Bonchev–Trinajstić information content (AvgIpc) is 3.39. The van der Waals surface area contributed by atoms with E-state index in [0.29, 0.717) is 17.0 Å². The minimum absolute atomic E-state index is 0.0989. The molecule has 0 unspecified atom stereocenters. The van der Waals surface area contributed by atoms with E-state index in [0.717, 1.165) is 0 Å². The Hall–Kier alpha value is -3.95. The van der Waals surface area contributed by atoms with Gasteiger partial charge in [-0.25, -0.2) is 9.50 Å². The van der Waals surface area contributed by atoms with E-state index in [1.807, 2.05) is 0 Å². The number of nitrogens with zero attached hydrogens (tertiary/aromatic N) is 5. The fourth-order valence-electron chi connectivity index (χ4n) is 2.59. The Morgan fingerprint density at radius 3 is 2.96 bits per heavy atom. The minimum Gasteiger partial charge on any atom is -0.467 e. The lowest BCUT2D eigenvalue weighted by Gasteiger charge is -2.05. The third kappa shape index (κ3) is 3.27. The van der Waals surface area contributed by atoms with Crippen LogP contribution in [0.25, 0.3) is 5.65 Å². The molecule has 4 aromatic heterocycles. The molecule has 4 heterocycles. The summed E-state index contributed by atoms with van der Waals surface area (Å²) in [6, 6.07) is 5.20. The molecule has 0 saturated heterocycles. The molecule has 136 valence electrons. The maximum atomic E-state index is 12.6. The largest absolute Gasteiger partial charge is 0.467 e. The smallest absolute Gasteiger partial charge is 0.274 e. The maximum Gasteiger partial charge on any atom is 0.274 e. The van der Waals surface area contributed by atoms with Gasteiger partial charge in [-0.05, 0) is 18.2 Å². The van der Waals surface area contributed by atoms with E-state index in [1.54, 1.807) is 43.8 Å². The lowest BCUT2D eigenvalue weighted by Crippen LogP contribution is -2.25. The molecule has 10 heteroatoms. The molecule has 27 heavy (non-hydrogen) atoms. The lowest BCUT2D eigenvalue weighted by atomic mass is 10.3. The molecule has 2 amide bonds. The summed E-state index contributed by atoms with van der Waals surface area (Å²) < 4.78 is 8.13. The van der Waals surface area contributed by atoms with Crippen LogP contribution in [-0.2, 0) is 13.6 Å². The molecule has 4 rings (SSSR count). The van der Waals surface area contributed by atoms with Gasteiger partial charge < -0.3 is 15.1 Å². The molecule has 0 saturated carbocycles. The van der Waals surface area contributed by atoms with Crippen LogP contribution in [0.4, 0.5) is 5.69 Å². The number of anilines is 1. The average molecular weight is 365 g/mol. The van der Waals surface area contributed by atoms with Gasteiger partial charge in [-0.2, -0.15) is 10.2 Å². The third-order valence-corrected chi connectivity index (χ3v) is 3.82. The zero-order valence-corrected chi connectivity index (χ0v) is 14.3. The summed E-state index contributed by atoms with van der Waals surface area (Å²) in [4.78, 5) is 29.2. The highest BCUT2D eigenvalue weighted by molar-refractivity contribution is 6.10. The van der Waals surface area contributed by atoms with Crippen molar-refractivity contribution in [2.24, 2.45) is 7.05 Å². The fourth-order valence-corrected chi connectivity index (χ4v) is 2.59. The van der Waals surface area contributed by atoms with Crippen molar-refractivity contribution >= 4 is 23.1 Å². The number of aromatic nitrogens is 5. The number of carbonyl (C=O) groups is 2. The highest BCUT2D eigenvalue weighted by Crippen LogP contribution is 2.16. The molecular formula is C17H15N7O3. The highest BCUT2D eigenvalue weighted by atomic mass is 16.3. The Balaban J connectivity index is 1.54. The van der Waals surface area contributed by atoms with Crippen LogP contribution in [0, 0.1) is 0 Å². The Bertz CT molecular complexity index is 1110. The van der Waals surface area contributed by atoms with Crippen LogP contribution >= 0.6 is 0 Å². The summed E-state index contributed by atoms with van der Waals surface area (Å²) in [5, 5.41) is 13.6. The van der Waals surface area contributed by atoms with Crippen molar-refractivity contribution in [1.29, 1.82) is 0 Å². The van der Waals surface area contributed by atoms with Gasteiger partial charge in [0.25, 0.3) is 11.8 Å². The second-order valence-electron chi connectivity index (χ2n) is 5.73. The summed E-state index contributed by atoms with van der Waals surface area (Å²) in [6.45, 7) is 0.216. The molecule has 0 fully saturated rings. The molecule has 0 aliphatic heterocycles. The first kappa shape index (κ1) is 16.5. The molecule has 0 atom stereocenters. The number of rotatable bonds is 5. The standard InChI is InChI=1S/C17H15N7O3/c1-23-10-13(14(22-23)17(26)19-8-11-4-2-7-27-11)21-16(25)12-9-20-24-6-3-5-18-15(12)24/h2-7,9-10H,8H2,1H3,(H,19,26)(H,21,25). The SMILES string of the molecule is Cn1cc(NC(=O)c2cnn3cccnc23)c(C(=O)NCc2ccco2)n1. The van der Waals surface area contributed by atoms with Crippen LogP contribution in [0.15, 0.2) is 53.7 Å². The van der Waals surface area contributed by atoms with Crippen LogP contribution in [-0.4, -0.2) is 36.2 Å². The van der Waals surface area contributed by atoms with Crippen molar-refractivity contribution in [3.05, 3.63) is 66.3 Å². The number of nitrogens with one attached hydrogen (secondary N) is 2. The zero-order valence-electron chi connectivity index (χ0n) is 14.3. The molecule has 0 aliphatic carbocycles. The van der Waals surface area contributed by atoms with Crippen molar-refractivity contribution in [2.45, 2.75) is 6.54 Å². The van der Waals surface area contributed by atoms with E-state index in [9.17, 15) is 9.59 Å². The second-order valence-corrected chi connectivity index (χ2v) is 5.73. The quantitative estimate of drug-likeness (QED) is 0.549. The van der Waals surface area contributed by atoms with Gasteiger partial charge in [-0.15, -0.1) is 0 Å². The van der Waals surface area contributed by atoms with E-state index in [4.69, 9.17) is 4.42 Å². The molecular weight excluding hydrogens is 350 g/mol. The van der Waals surface area contributed by atoms with Gasteiger partial charge >= 0.3 is 0 Å². The van der Waals surface area contributed by atoms with Crippen molar-refractivity contribution in [1.82, 2.24) is 29.7 Å². The molecule has 0 radical (unpaired) electrons. The molecule has 0 spiro atoms. The fraction of sp³-hybridized carbons (Fsp3) is 0.118. The number of fused-ring (bicyclic) bond motifs is 1. The summed E-state index contributed by atoms with van der Waals surface area (Å²) >= 11 is 0. The first-order chi connectivity index (χ1) is 13.1. The summed E-state index contributed by atoms with van der Waals surface area (Å²) in [5.74, 6) is -0.251. The first-order valence-electron chi connectivity index (χ1n) is 8.06. The summed E-state index contributed by atoms with van der Waals surface area (Å²) in [5.41, 5.74) is 1.10. The van der Waals surface area contributed by atoms with Gasteiger partial charge in [-0.1, -0.05) is 0 Å². The van der Waals surface area contributed by atoms with Crippen LogP contribution in [0.2, 0.25) is 0 Å². The second kappa shape index (κ2) is 6.75. The van der Waals surface area contributed by atoms with E-state index in [-0.39, 0.29) is 17.9 Å². The van der Waals surface area contributed by atoms with E-state index >= 15 is 0 Å². The molecule has 0 aromatic carbocycles. The van der Waals surface area contributed by atoms with Gasteiger partial charge in [-0.3, -0.25) is 14.3 Å². The number of hydrogen-bond acceptors (Lipinski definition) is 6. The Morgan fingerprint density at radius 2 is 2.15 bits per heavy atom.